The summed E-state index contributed by atoms with van der Waals surface area (Å²) in [7, 11) is 0. The molecule has 0 aliphatic carbocycles. The molecule has 2 aliphatic heterocycles. The lowest BCUT2D eigenvalue weighted by Crippen LogP contribution is -2.34. The van der Waals surface area contributed by atoms with Crippen LogP contribution in [0.5, 0.6) is 0 Å². The van der Waals surface area contributed by atoms with E-state index >= 15 is 0 Å². The molecule has 2 aliphatic rings. The molecule has 1 atom stereocenters. The summed E-state index contributed by atoms with van der Waals surface area (Å²) in [5, 5.41) is 7.12. The highest BCUT2D eigenvalue weighted by molar-refractivity contribution is 5.54. The first-order valence-corrected chi connectivity index (χ1v) is 7.51. The number of fused-ring (bicyclic) bond motifs is 1. The maximum Gasteiger partial charge on any atom is 0.0372 e. The number of nitrogens with one attached hydrogen (secondary N) is 2. The predicted molar refractivity (Wildman–Crippen MR) is 77.2 cm³/mol. The second kappa shape index (κ2) is 5.75. The van der Waals surface area contributed by atoms with Crippen molar-refractivity contribution in [2.45, 2.75) is 51.0 Å². The monoisotopic (exact) mass is 244 g/mol. The van der Waals surface area contributed by atoms with Crippen molar-refractivity contribution in [2.75, 3.05) is 18.4 Å². The number of hydrogen-bond donors (Lipinski definition) is 2. The highest BCUT2D eigenvalue weighted by Gasteiger charge is 2.13. The normalized spacial score (nSPS) is 23.2. The van der Waals surface area contributed by atoms with Gasteiger partial charge in [0.1, 0.15) is 0 Å². The molecular weight excluding hydrogens is 220 g/mol. The third-order valence-electron chi connectivity index (χ3n) is 4.30. The summed E-state index contributed by atoms with van der Waals surface area (Å²) in [4.78, 5) is 0. The van der Waals surface area contributed by atoms with E-state index in [-0.39, 0.29) is 0 Å². The molecule has 1 aromatic rings. The van der Waals surface area contributed by atoms with E-state index in [0.29, 0.717) is 0 Å². The Morgan fingerprint density at radius 2 is 2.11 bits per heavy atom. The molecule has 98 valence electrons. The van der Waals surface area contributed by atoms with Crippen LogP contribution in [0.4, 0.5) is 5.69 Å². The molecule has 0 radical (unpaired) electrons. The molecule has 1 unspecified atom stereocenters. The van der Waals surface area contributed by atoms with E-state index in [1.165, 1.54) is 68.3 Å². The molecule has 1 saturated heterocycles. The average Bonchev–Trinajstić information content (AvgIpc) is 2.46. The summed E-state index contributed by atoms with van der Waals surface area (Å²) >= 11 is 0. The minimum Gasteiger partial charge on any atom is -0.385 e. The molecule has 0 spiro atoms. The Kier molecular flexibility index (Phi) is 3.84. The van der Waals surface area contributed by atoms with Crippen LogP contribution in [0.15, 0.2) is 18.2 Å². The predicted octanol–water partition coefficient (Wildman–Crippen LogP) is 3.12. The minimum atomic E-state index is 0.757. The van der Waals surface area contributed by atoms with Gasteiger partial charge in [-0.15, -0.1) is 0 Å². The molecule has 2 nitrogen and oxygen atoms in total. The Bertz CT molecular complexity index is 394. The molecule has 0 bridgehead atoms. The molecule has 3 rings (SSSR count). The second-order valence-electron chi connectivity index (χ2n) is 5.71. The summed E-state index contributed by atoms with van der Waals surface area (Å²) in [6.07, 6.45) is 9.19. The van der Waals surface area contributed by atoms with Gasteiger partial charge in [-0.3, -0.25) is 0 Å². The summed E-state index contributed by atoms with van der Waals surface area (Å²) in [5.74, 6) is 0. The lowest BCUT2D eigenvalue weighted by Gasteiger charge is -2.24. The van der Waals surface area contributed by atoms with E-state index in [4.69, 9.17) is 0 Å². The van der Waals surface area contributed by atoms with E-state index in [1.807, 2.05) is 0 Å². The lowest BCUT2D eigenvalue weighted by atomic mass is 9.95. The summed E-state index contributed by atoms with van der Waals surface area (Å²) < 4.78 is 0. The van der Waals surface area contributed by atoms with Crippen LogP contribution in [-0.4, -0.2) is 19.1 Å². The maximum atomic E-state index is 3.64. The van der Waals surface area contributed by atoms with E-state index in [1.54, 1.807) is 0 Å². The number of benzene rings is 1. The van der Waals surface area contributed by atoms with E-state index in [0.717, 1.165) is 12.6 Å². The van der Waals surface area contributed by atoms with Gasteiger partial charge in [-0.1, -0.05) is 18.6 Å². The Balaban J connectivity index is 1.58. The number of anilines is 1. The summed E-state index contributed by atoms with van der Waals surface area (Å²) in [6.45, 7) is 2.36. The van der Waals surface area contributed by atoms with Gasteiger partial charge in [0.2, 0.25) is 0 Å². The fourth-order valence-corrected chi connectivity index (χ4v) is 3.20. The topological polar surface area (TPSA) is 24.1 Å². The van der Waals surface area contributed by atoms with Gasteiger partial charge in [-0.25, -0.2) is 0 Å². The van der Waals surface area contributed by atoms with Crippen LogP contribution in [0, 0.1) is 0 Å². The number of rotatable bonds is 3. The van der Waals surface area contributed by atoms with Gasteiger partial charge in [-0.2, -0.15) is 0 Å². The largest absolute Gasteiger partial charge is 0.385 e. The maximum absolute atomic E-state index is 3.64. The second-order valence-corrected chi connectivity index (χ2v) is 5.71. The van der Waals surface area contributed by atoms with Gasteiger partial charge in [-0.05, 0) is 62.3 Å². The molecule has 2 heterocycles. The SMILES string of the molecule is c1cc2c(cc1CCC1CCCCN1)CCCN2. The fraction of sp³-hybridized carbons (Fsp3) is 0.625. The highest BCUT2D eigenvalue weighted by Crippen LogP contribution is 2.24. The smallest absolute Gasteiger partial charge is 0.0372 e. The van der Waals surface area contributed by atoms with Crippen LogP contribution >= 0.6 is 0 Å². The Morgan fingerprint density at radius 1 is 1.11 bits per heavy atom. The summed E-state index contributed by atoms with van der Waals surface area (Å²) in [5.41, 5.74) is 4.40. The Labute approximate surface area is 110 Å². The molecule has 2 N–H and O–H groups in total. The van der Waals surface area contributed by atoms with Crippen LogP contribution < -0.4 is 10.6 Å². The van der Waals surface area contributed by atoms with Gasteiger partial charge in [0.25, 0.3) is 0 Å². The zero-order chi connectivity index (χ0) is 12.2. The van der Waals surface area contributed by atoms with Crippen molar-refractivity contribution in [3.8, 4) is 0 Å². The molecular formula is C16H24N2. The van der Waals surface area contributed by atoms with Crippen molar-refractivity contribution in [3.63, 3.8) is 0 Å². The molecule has 0 amide bonds. The average molecular weight is 244 g/mol. The van der Waals surface area contributed by atoms with Crippen LogP contribution in [0.25, 0.3) is 0 Å². The summed E-state index contributed by atoms with van der Waals surface area (Å²) in [6, 6.07) is 7.76. The van der Waals surface area contributed by atoms with Crippen LogP contribution in [0.3, 0.4) is 0 Å². The van der Waals surface area contributed by atoms with Gasteiger partial charge in [0, 0.05) is 18.3 Å². The van der Waals surface area contributed by atoms with Crippen molar-refractivity contribution >= 4 is 5.69 Å². The minimum absolute atomic E-state index is 0.757. The van der Waals surface area contributed by atoms with Crippen molar-refractivity contribution in [1.29, 1.82) is 0 Å². The van der Waals surface area contributed by atoms with Crippen molar-refractivity contribution < 1.29 is 0 Å². The first kappa shape index (κ1) is 12.0. The van der Waals surface area contributed by atoms with Crippen molar-refractivity contribution in [1.82, 2.24) is 5.32 Å². The molecule has 1 fully saturated rings. The van der Waals surface area contributed by atoms with E-state index in [2.05, 4.69) is 28.8 Å². The van der Waals surface area contributed by atoms with Crippen LogP contribution in [0.1, 0.15) is 43.2 Å². The van der Waals surface area contributed by atoms with Gasteiger partial charge >= 0.3 is 0 Å². The van der Waals surface area contributed by atoms with Gasteiger partial charge < -0.3 is 10.6 Å². The lowest BCUT2D eigenvalue weighted by molar-refractivity contribution is 0.383. The standard InChI is InChI=1S/C16H24N2/c1-2-10-17-15(5-1)8-6-13-7-9-16-14(12-13)4-3-11-18-16/h7,9,12,15,17-18H,1-6,8,10-11H2. The molecule has 18 heavy (non-hydrogen) atoms. The molecule has 1 aromatic carbocycles. The first-order chi connectivity index (χ1) is 8.92. The third-order valence-corrected chi connectivity index (χ3v) is 4.30. The zero-order valence-corrected chi connectivity index (χ0v) is 11.2. The number of piperidine rings is 1. The first-order valence-electron chi connectivity index (χ1n) is 7.51. The van der Waals surface area contributed by atoms with Crippen LogP contribution in [-0.2, 0) is 12.8 Å². The highest BCUT2D eigenvalue weighted by atomic mass is 14.9. The van der Waals surface area contributed by atoms with Gasteiger partial charge in [0.05, 0.1) is 0 Å². The molecule has 2 heteroatoms. The van der Waals surface area contributed by atoms with E-state index < -0.39 is 0 Å². The Hall–Kier alpha value is -1.02. The van der Waals surface area contributed by atoms with E-state index in [9.17, 15) is 0 Å². The molecule has 0 aromatic heterocycles. The van der Waals surface area contributed by atoms with Crippen molar-refractivity contribution in [3.05, 3.63) is 29.3 Å². The zero-order valence-electron chi connectivity index (χ0n) is 11.2. The van der Waals surface area contributed by atoms with Crippen LogP contribution in [0.2, 0.25) is 0 Å². The Morgan fingerprint density at radius 3 is 3.00 bits per heavy atom. The van der Waals surface area contributed by atoms with Gasteiger partial charge in [0.15, 0.2) is 0 Å². The third kappa shape index (κ3) is 2.86. The number of aryl methyl sites for hydroxylation is 2. The quantitative estimate of drug-likeness (QED) is 0.853. The van der Waals surface area contributed by atoms with Crippen molar-refractivity contribution in [2.24, 2.45) is 0 Å². The molecule has 0 saturated carbocycles. The number of hydrogen-bond acceptors (Lipinski definition) is 2. The fourth-order valence-electron chi connectivity index (χ4n) is 3.20.